The molecule has 1 aliphatic heterocycles. The van der Waals surface area contributed by atoms with E-state index in [1.54, 1.807) is 42.2 Å². The van der Waals surface area contributed by atoms with E-state index in [4.69, 9.17) is 0 Å². The lowest BCUT2D eigenvalue weighted by atomic mass is 9.86. The molecule has 3 aromatic rings. The van der Waals surface area contributed by atoms with Crippen molar-refractivity contribution in [1.29, 1.82) is 0 Å². The number of aromatic amines is 1. The van der Waals surface area contributed by atoms with Crippen molar-refractivity contribution in [2.75, 3.05) is 13.1 Å². The van der Waals surface area contributed by atoms with Crippen LogP contribution in [0, 0.1) is 18.6 Å². The zero-order valence-electron chi connectivity index (χ0n) is 16.4. The van der Waals surface area contributed by atoms with Crippen molar-refractivity contribution >= 4 is 5.91 Å². The number of aromatic nitrogens is 2. The van der Waals surface area contributed by atoms with Crippen LogP contribution in [0.25, 0.3) is 0 Å². The molecule has 0 unspecified atom stereocenters. The van der Waals surface area contributed by atoms with E-state index in [9.17, 15) is 18.4 Å². The number of aryl methyl sites for hydroxylation is 1. The molecule has 0 saturated carbocycles. The van der Waals surface area contributed by atoms with Crippen molar-refractivity contribution in [1.82, 2.24) is 14.9 Å². The average molecular weight is 409 g/mol. The number of hydrogen-bond donors (Lipinski definition) is 1. The van der Waals surface area contributed by atoms with Gasteiger partial charge in [0.15, 0.2) is 0 Å². The number of carbonyl (C=O) groups is 1. The second-order valence-corrected chi connectivity index (χ2v) is 7.59. The summed E-state index contributed by atoms with van der Waals surface area (Å²) in [5.41, 5.74) is 1.47. The number of carbonyl (C=O) groups excluding carboxylic acids is 1. The van der Waals surface area contributed by atoms with Gasteiger partial charge in [-0.15, -0.1) is 0 Å². The maximum atomic E-state index is 14.6. The Morgan fingerprint density at radius 2 is 1.80 bits per heavy atom. The third-order valence-corrected chi connectivity index (χ3v) is 5.51. The third kappa shape index (κ3) is 4.15. The summed E-state index contributed by atoms with van der Waals surface area (Å²) in [7, 11) is 0. The number of rotatable bonds is 4. The molecule has 1 amide bonds. The molecule has 5 nitrogen and oxygen atoms in total. The van der Waals surface area contributed by atoms with Gasteiger partial charge in [0, 0.05) is 31.0 Å². The summed E-state index contributed by atoms with van der Waals surface area (Å²) in [6, 6.07) is 13.7. The van der Waals surface area contributed by atoms with Gasteiger partial charge >= 0.3 is 0 Å². The van der Waals surface area contributed by atoms with Crippen LogP contribution in [0.2, 0.25) is 0 Å². The van der Waals surface area contributed by atoms with Crippen molar-refractivity contribution in [3.63, 3.8) is 0 Å². The number of halogens is 2. The summed E-state index contributed by atoms with van der Waals surface area (Å²) in [6.45, 7) is 2.34. The van der Waals surface area contributed by atoms with Crippen LogP contribution in [0.5, 0.6) is 0 Å². The van der Waals surface area contributed by atoms with Gasteiger partial charge in [-0.1, -0.05) is 30.3 Å². The van der Waals surface area contributed by atoms with E-state index in [0.29, 0.717) is 35.7 Å². The minimum absolute atomic E-state index is 0.124. The molecule has 2 aromatic carbocycles. The maximum Gasteiger partial charge on any atom is 0.251 e. The number of nitrogens with zero attached hydrogens (tertiary/aromatic N) is 2. The van der Waals surface area contributed by atoms with E-state index < -0.39 is 0 Å². The van der Waals surface area contributed by atoms with E-state index in [1.807, 2.05) is 0 Å². The van der Waals surface area contributed by atoms with Gasteiger partial charge in [-0.25, -0.2) is 13.8 Å². The Labute approximate surface area is 172 Å². The molecule has 4 rings (SSSR count). The third-order valence-electron chi connectivity index (χ3n) is 5.51. The first kappa shape index (κ1) is 19.9. The van der Waals surface area contributed by atoms with E-state index in [0.717, 1.165) is 0 Å². The molecule has 7 heteroatoms. The number of H-pyrrole nitrogens is 1. The molecular weight excluding hydrogens is 388 g/mol. The van der Waals surface area contributed by atoms with E-state index in [2.05, 4.69) is 9.97 Å². The molecule has 1 saturated heterocycles. The van der Waals surface area contributed by atoms with Crippen LogP contribution >= 0.6 is 0 Å². The number of likely N-dealkylation sites (tertiary alicyclic amines) is 1. The molecule has 0 aliphatic carbocycles. The van der Waals surface area contributed by atoms with Crippen molar-refractivity contribution in [2.45, 2.75) is 25.2 Å². The normalized spacial score (nSPS) is 18.6. The molecule has 0 spiro atoms. The smallest absolute Gasteiger partial charge is 0.251 e. The summed E-state index contributed by atoms with van der Waals surface area (Å²) in [5, 5.41) is 0. The quantitative estimate of drug-likeness (QED) is 0.719. The number of hydrogen-bond acceptors (Lipinski definition) is 3. The fourth-order valence-electron chi connectivity index (χ4n) is 4.08. The number of amides is 1. The first-order chi connectivity index (χ1) is 14.4. The molecule has 1 aliphatic rings. The molecule has 2 atom stereocenters. The molecular formula is C23H21F2N3O2. The lowest BCUT2D eigenvalue weighted by Gasteiger charge is -2.18. The zero-order chi connectivity index (χ0) is 21.3. The zero-order valence-corrected chi connectivity index (χ0v) is 16.4. The highest BCUT2D eigenvalue weighted by molar-refractivity contribution is 5.79. The predicted molar refractivity (Wildman–Crippen MR) is 108 cm³/mol. The molecule has 2 heterocycles. The Kier molecular flexibility index (Phi) is 5.44. The summed E-state index contributed by atoms with van der Waals surface area (Å²) in [5.74, 6) is -0.991. The van der Waals surface area contributed by atoms with Gasteiger partial charge in [-0.3, -0.25) is 9.59 Å². The van der Waals surface area contributed by atoms with E-state index >= 15 is 0 Å². The van der Waals surface area contributed by atoms with Crippen LogP contribution in [0.1, 0.15) is 34.5 Å². The Bertz CT molecular complexity index is 1130. The standard InChI is InChI=1S/C23H21F2N3O2/c1-14-26-21(11-22(29)27-14)19-13-28(12-18(19)17-4-2-3-5-20(17)25)23(30)10-15-6-8-16(24)9-7-15/h2-9,11,18-19H,10,12-13H2,1H3,(H,26,27,29)/t18-,19+/m0/s1. The second-order valence-electron chi connectivity index (χ2n) is 7.59. The van der Waals surface area contributed by atoms with Gasteiger partial charge in [0.25, 0.3) is 5.56 Å². The first-order valence-corrected chi connectivity index (χ1v) is 9.75. The second kappa shape index (κ2) is 8.18. The van der Waals surface area contributed by atoms with Gasteiger partial charge in [-0.2, -0.15) is 0 Å². The maximum absolute atomic E-state index is 14.6. The Hall–Kier alpha value is -3.35. The van der Waals surface area contributed by atoms with Crippen LogP contribution in [0.4, 0.5) is 8.78 Å². The SMILES string of the molecule is Cc1nc([C@@H]2CN(C(=O)Cc3ccc(F)cc3)C[C@H]2c2ccccc2F)cc(=O)[nH]1. The highest BCUT2D eigenvalue weighted by Crippen LogP contribution is 2.39. The topological polar surface area (TPSA) is 66.1 Å². The van der Waals surface area contributed by atoms with Gasteiger partial charge < -0.3 is 9.88 Å². The Morgan fingerprint density at radius 3 is 2.50 bits per heavy atom. The molecule has 1 N–H and O–H groups in total. The molecule has 1 aromatic heterocycles. The van der Waals surface area contributed by atoms with Crippen LogP contribution in [0.15, 0.2) is 59.4 Å². The van der Waals surface area contributed by atoms with Crippen LogP contribution in [-0.4, -0.2) is 33.9 Å². The lowest BCUT2D eigenvalue weighted by Crippen LogP contribution is -2.30. The van der Waals surface area contributed by atoms with Crippen molar-refractivity contribution in [2.24, 2.45) is 0 Å². The number of benzene rings is 2. The largest absolute Gasteiger partial charge is 0.341 e. The molecule has 0 bridgehead atoms. The predicted octanol–water partition coefficient (Wildman–Crippen LogP) is 3.31. The molecule has 0 radical (unpaired) electrons. The fraction of sp³-hybridized carbons (Fsp3) is 0.261. The van der Waals surface area contributed by atoms with Crippen LogP contribution in [-0.2, 0) is 11.2 Å². The van der Waals surface area contributed by atoms with Crippen LogP contribution < -0.4 is 5.56 Å². The van der Waals surface area contributed by atoms with Gasteiger partial charge in [0.05, 0.1) is 12.1 Å². The minimum Gasteiger partial charge on any atom is -0.341 e. The molecule has 154 valence electrons. The lowest BCUT2D eigenvalue weighted by molar-refractivity contribution is -0.129. The monoisotopic (exact) mass is 409 g/mol. The first-order valence-electron chi connectivity index (χ1n) is 9.75. The summed E-state index contributed by atoms with van der Waals surface area (Å²) < 4.78 is 27.7. The van der Waals surface area contributed by atoms with Crippen molar-refractivity contribution in [3.8, 4) is 0 Å². The Balaban J connectivity index is 1.65. The number of nitrogens with one attached hydrogen (secondary N) is 1. The minimum atomic E-state index is -0.359. The van der Waals surface area contributed by atoms with E-state index in [-0.39, 0.29) is 41.4 Å². The van der Waals surface area contributed by atoms with Crippen molar-refractivity contribution < 1.29 is 13.6 Å². The van der Waals surface area contributed by atoms with Gasteiger partial charge in [0.1, 0.15) is 17.5 Å². The summed E-state index contributed by atoms with van der Waals surface area (Å²) >= 11 is 0. The molecule has 1 fully saturated rings. The van der Waals surface area contributed by atoms with Gasteiger partial charge in [0.2, 0.25) is 5.91 Å². The average Bonchev–Trinajstić information content (AvgIpc) is 3.15. The fourth-order valence-corrected chi connectivity index (χ4v) is 4.08. The van der Waals surface area contributed by atoms with Crippen molar-refractivity contribution in [3.05, 3.63) is 99.2 Å². The summed E-state index contributed by atoms with van der Waals surface area (Å²) in [6.07, 6.45) is 0.124. The molecule has 30 heavy (non-hydrogen) atoms. The highest BCUT2D eigenvalue weighted by Gasteiger charge is 2.39. The Morgan fingerprint density at radius 1 is 1.10 bits per heavy atom. The summed E-state index contributed by atoms with van der Waals surface area (Å²) in [4.78, 5) is 33.6. The van der Waals surface area contributed by atoms with Gasteiger partial charge in [-0.05, 0) is 36.2 Å². The highest BCUT2D eigenvalue weighted by atomic mass is 19.1. The van der Waals surface area contributed by atoms with E-state index in [1.165, 1.54) is 24.3 Å². The van der Waals surface area contributed by atoms with Crippen LogP contribution in [0.3, 0.4) is 0 Å².